The van der Waals surface area contributed by atoms with E-state index >= 15 is 0 Å². The van der Waals surface area contributed by atoms with Crippen LogP contribution >= 0.6 is 11.3 Å². The van der Waals surface area contributed by atoms with Gasteiger partial charge in [0.05, 0.1) is 36.4 Å². The Kier molecular flexibility index (Phi) is 4.07. The van der Waals surface area contributed by atoms with E-state index in [2.05, 4.69) is 66.2 Å². The van der Waals surface area contributed by atoms with Gasteiger partial charge in [-0.1, -0.05) is 12.1 Å². The van der Waals surface area contributed by atoms with Crippen molar-refractivity contribution < 1.29 is 4.74 Å². The van der Waals surface area contributed by atoms with Gasteiger partial charge >= 0.3 is 0 Å². The minimum atomic E-state index is 0.698. The number of rotatable bonds is 4. The summed E-state index contributed by atoms with van der Waals surface area (Å²) >= 11 is 1.70. The van der Waals surface area contributed by atoms with Gasteiger partial charge in [-0.3, -0.25) is 15.1 Å². The first-order chi connectivity index (χ1) is 15.3. The second-order valence-corrected chi connectivity index (χ2v) is 8.04. The molecule has 1 aromatic carbocycles. The molecule has 0 radical (unpaired) electrons. The van der Waals surface area contributed by atoms with Crippen LogP contribution in [0.1, 0.15) is 0 Å². The molecule has 0 aliphatic heterocycles. The van der Waals surface area contributed by atoms with Crippen molar-refractivity contribution in [2.75, 3.05) is 7.11 Å². The Bertz CT molecular complexity index is 1530. The van der Waals surface area contributed by atoms with Crippen LogP contribution in [-0.4, -0.2) is 32.3 Å². The van der Waals surface area contributed by atoms with E-state index < -0.39 is 0 Å². The predicted octanol–water partition coefficient (Wildman–Crippen LogP) is 5.91. The summed E-state index contributed by atoms with van der Waals surface area (Å²) in [5.41, 5.74) is 7.94. The molecule has 0 fully saturated rings. The second kappa shape index (κ2) is 7.07. The molecule has 7 heteroatoms. The summed E-state index contributed by atoms with van der Waals surface area (Å²) in [6.45, 7) is 0. The molecule has 0 amide bonds. The molecular formula is C24H17N5OS. The van der Waals surface area contributed by atoms with Gasteiger partial charge in [-0.05, 0) is 52.2 Å². The van der Waals surface area contributed by atoms with Crippen molar-refractivity contribution in [3.63, 3.8) is 0 Å². The van der Waals surface area contributed by atoms with Gasteiger partial charge in [0, 0.05) is 28.0 Å². The Morgan fingerprint density at radius 1 is 0.935 bits per heavy atom. The van der Waals surface area contributed by atoms with Gasteiger partial charge in [0.25, 0.3) is 0 Å². The Hall–Kier alpha value is -3.97. The fraction of sp³-hybridized carbons (Fsp3) is 0.0417. The Morgan fingerprint density at radius 3 is 2.77 bits per heavy atom. The average molecular weight is 424 g/mol. The maximum atomic E-state index is 5.30. The number of ether oxygens (including phenoxy) is 1. The quantitative estimate of drug-likeness (QED) is 0.370. The molecule has 0 atom stereocenters. The summed E-state index contributed by atoms with van der Waals surface area (Å²) in [5.74, 6) is 0.698. The lowest BCUT2D eigenvalue weighted by Crippen LogP contribution is -1.88. The molecule has 0 spiro atoms. The largest absolute Gasteiger partial charge is 0.495 e. The standard InChI is InChI=1S/C24H17N5OS/c1-30-16-7-15(10-25-11-16)21-9-19-23(12-26-21)28-29-24(19)22-8-18-17(14-5-6-31-13-14)3-2-4-20(18)27-22/h2-13,27H,1H3,(H,28,29). The van der Waals surface area contributed by atoms with Gasteiger partial charge in [0.2, 0.25) is 0 Å². The van der Waals surface area contributed by atoms with Crippen LogP contribution in [0, 0.1) is 0 Å². The molecule has 31 heavy (non-hydrogen) atoms. The molecule has 5 aromatic heterocycles. The van der Waals surface area contributed by atoms with Crippen LogP contribution in [0.5, 0.6) is 5.75 Å². The lowest BCUT2D eigenvalue weighted by Gasteiger charge is -2.04. The van der Waals surface area contributed by atoms with Crippen LogP contribution in [0.2, 0.25) is 0 Å². The molecule has 0 aliphatic rings. The number of methoxy groups -OCH3 is 1. The minimum Gasteiger partial charge on any atom is -0.495 e. The summed E-state index contributed by atoms with van der Waals surface area (Å²) in [4.78, 5) is 12.4. The van der Waals surface area contributed by atoms with Crippen molar-refractivity contribution in [1.29, 1.82) is 0 Å². The molecule has 6 rings (SSSR count). The van der Waals surface area contributed by atoms with Crippen LogP contribution < -0.4 is 4.74 Å². The number of fused-ring (bicyclic) bond motifs is 2. The van der Waals surface area contributed by atoms with Crippen LogP contribution in [-0.2, 0) is 0 Å². The zero-order chi connectivity index (χ0) is 20.8. The SMILES string of the molecule is COc1cncc(-c2cc3c(-c4cc5c(-c6ccsc6)cccc5[nH]4)n[nH]c3cn2)c1. The first-order valence-electron chi connectivity index (χ1n) is 9.78. The zero-order valence-corrected chi connectivity index (χ0v) is 17.4. The van der Waals surface area contributed by atoms with Crippen LogP contribution in [0.25, 0.3) is 55.6 Å². The third-order valence-electron chi connectivity index (χ3n) is 5.44. The molecule has 2 N–H and O–H groups in total. The van der Waals surface area contributed by atoms with E-state index in [1.165, 1.54) is 16.5 Å². The number of H-pyrrole nitrogens is 2. The van der Waals surface area contributed by atoms with Crippen LogP contribution in [0.3, 0.4) is 0 Å². The highest BCUT2D eigenvalue weighted by atomic mass is 32.1. The minimum absolute atomic E-state index is 0.698. The summed E-state index contributed by atoms with van der Waals surface area (Å²) in [6, 6.07) is 14.6. The third kappa shape index (κ3) is 2.98. The molecule has 5 heterocycles. The van der Waals surface area contributed by atoms with E-state index in [1.54, 1.807) is 37.0 Å². The molecule has 0 aliphatic carbocycles. The number of hydrogen-bond acceptors (Lipinski definition) is 5. The van der Waals surface area contributed by atoms with Crippen molar-refractivity contribution in [1.82, 2.24) is 25.1 Å². The lowest BCUT2D eigenvalue weighted by molar-refractivity contribution is 0.413. The van der Waals surface area contributed by atoms with Gasteiger partial charge in [0.1, 0.15) is 11.4 Å². The number of aromatic nitrogens is 5. The molecule has 150 valence electrons. The van der Waals surface area contributed by atoms with E-state index in [0.717, 1.165) is 39.1 Å². The third-order valence-corrected chi connectivity index (χ3v) is 6.13. The van der Waals surface area contributed by atoms with Crippen LogP contribution in [0.4, 0.5) is 0 Å². The Morgan fingerprint density at radius 2 is 1.90 bits per heavy atom. The molecule has 0 bridgehead atoms. The van der Waals surface area contributed by atoms with E-state index in [1.807, 2.05) is 12.1 Å². The van der Waals surface area contributed by atoms with Gasteiger partial charge in [-0.25, -0.2) is 0 Å². The summed E-state index contributed by atoms with van der Waals surface area (Å²) < 4.78 is 5.30. The van der Waals surface area contributed by atoms with Crippen molar-refractivity contribution in [3.8, 4) is 39.5 Å². The number of nitrogens with one attached hydrogen (secondary N) is 2. The fourth-order valence-electron chi connectivity index (χ4n) is 3.90. The van der Waals surface area contributed by atoms with Crippen molar-refractivity contribution in [2.45, 2.75) is 0 Å². The van der Waals surface area contributed by atoms with Gasteiger partial charge in [-0.2, -0.15) is 16.4 Å². The predicted molar refractivity (Wildman–Crippen MR) is 124 cm³/mol. The first kappa shape index (κ1) is 17.9. The van der Waals surface area contributed by atoms with Gasteiger partial charge in [0.15, 0.2) is 0 Å². The smallest absolute Gasteiger partial charge is 0.137 e. The Labute approximate surface area is 181 Å². The molecule has 0 saturated heterocycles. The molecule has 0 unspecified atom stereocenters. The number of thiophene rings is 1. The number of aromatic amines is 2. The van der Waals surface area contributed by atoms with Gasteiger partial charge in [-0.15, -0.1) is 0 Å². The van der Waals surface area contributed by atoms with Crippen molar-refractivity contribution >= 4 is 33.1 Å². The van der Waals surface area contributed by atoms with Crippen molar-refractivity contribution in [3.05, 3.63) is 71.8 Å². The molecule has 0 saturated carbocycles. The fourth-order valence-corrected chi connectivity index (χ4v) is 4.56. The molecule has 6 aromatic rings. The maximum absolute atomic E-state index is 5.30. The van der Waals surface area contributed by atoms with Gasteiger partial charge < -0.3 is 9.72 Å². The van der Waals surface area contributed by atoms with E-state index in [4.69, 9.17) is 4.74 Å². The maximum Gasteiger partial charge on any atom is 0.137 e. The van der Waals surface area contributed by atoms with E-state index in [9.17, 15) is 0 Å². The monoisotopic (exact) mass is 423 g/mol. The van der Waals surface area contributed by atoms with E-state index in [0.29, 0.717) is 5.75 Å². The summed E-state index contributed by atoms with van der Waals surface area (Å²) in [5, 5.41) is 14.1. The summed E-state index contributed by atoms with van der Waals surface area (Å²) in [7, 11) is 1.63. The highest BCUT2D eigenvalue weighted by Gasteiger charge is 2.15. The summed E-state index contributed by atoms with van der Waals surface area (Å²) in [6.07, 6.45) is 5.27. The number of benzene rings is 1. The first-order valence-corrected chi connectivity index (χ1v) is 10.7. The average Bonchev–Trinajstić information content (AvgIpc) is 3.57. The Balaban J connectivity index is 1.50. The highest BCUT2D eigenvalue weighted by molar-refractivity contribution is 7.08. The van der Waals surface area contributed by atoms with Crippen molar-refractivity contribution in [2.24, 2.45) is 0 Å². The van der Waals surface area contributed by atoms with Crippen LogP contribution in [0.15, 0.2) is 71.8 Å². The number of pyridine rings is 2. The number of nitrogens with zero attached hydrogens (tertiary/aromatic N) is 3. The topological polar surface area (TPSA) is 79.5 Å². The molecule has 6 nitrogen and oxygen atoms in total. The normalized spacial score (nSPS) is 11.4. The lowest BCUT2D eigenvalue weighted by atomic mass is 10.0. The number of hydrogen-bond donors (Lipinski definition) is 2. The highest BCUT2D eigenvalue weighted by Crippen LogP contribution is 2.35. The zero-order valence-electron chi connectivity index (χ0n) is 16.6. The second-order valence-electron chi connectivity index (χ2n) is 7.26. The molecular weight excluding hydrogens is 406 g/mol. The van der Waals surface area contributed by atoms with E-state index in [-0.39, 0.29) is 0 Å².